The zero-order valence-electron chi connectivity index (χ0n) is 10.8. The number of carbonyl (C=O) groups is 1. The zero-order valence-corrected chi connectivity index (χ0v) is 10.8. The normalized spacial score (nSPS) is 17.4. The number of ether oxygens (including phenoxy) is 1. The van der Waals surface area contributed by atoms with E-state index in [1.807, 2.05) is 0 Å². The fourth-order valence-corrected chi connectivity index (χ4v) is 2.08. The van der Waals surface area contributed by atoms with Gasteiger partial charge in [0.25, 0.3) is 5.91 Å². The Labute approximate surface area is 107 Å². The molecule has 5 nitrogen and oxygen atoms in total. The second kappa shape index (κ2) is 5.82. The van der Waals surface area contributed by atoms with E-state index in [-0.39, 0.29) is 11.9 Å². The molecule has 1 amide bonds. The smallest absolute Gasteiger partial charge is 0.253 e. The topological polar surface area (TPSA) is 54.5 Å². The quantitative estimate of drug-likeness (QED) is 0.865. The number of piperidine rings is 1. The van der Waals surface area contributed by atoms with Gasteiger partial charge in [0.2, 0.25) is 0 Å². The lowest BCUT2D eigenvalue weighted by atomic mass is 10.1. The highest BCUT2D eigenvalue weighted by Crippen LogP contribution is 2.12. The number of hydrogen-bond acceptors (Lipinski definition) is 4. The predicted molar refractivity (Wildman–Crippen MR) is 68.8 cm³/mol. The van der Waals surface area contributed by atoms with Gasteiger partial charge >= 0.3 is 0 Å². The van der Waals surface area contributed by atoms with Crippen LogP contribution >= 0.6 is 0 Å². The van der Waals surface area contributed by atoms with Crippen molar-refractivity contribution in [2.24, 2.45) is 0 Å². The molecule has 5 heteroatoms. The minimum Gasteiger partial charge on any atom is -0.495 e. The monoisotopic (exact) mass is 249 g/mol. The van der Waals surface area contributed by atoms with Crippen molar-refractivity contribution in [2.75, 3.05) is 27.2 Å². The lowest BCUT2D eigenvalue weighted by Crippen LogP contribution is -2.43. The van der Waals surface area contributed by atoms with Crippen molar-refractivity contribution in [2.45, 2.75) is 18.9 Å². The van der Waals surface area contributed by atoms with E-state index in [2.05, 4.69) is 22.2 Å². The summed E-state index contributed by atoms with van der Waals surface area (Å²) in [6.45, 7) is 2.06. The number of nitrogens with zero attached hydrogens (tertiary/aromatic N) is 2. The average molecular weight is 249 g/mol. The minimum absolute atomic E-state index is 0.0732. The van der Waals surface area contributed by atoms with Crippen LogP contribution in [-0.4, -0.2) is 49.1 Å². The third kappa shape index (κ3) is 3.20. The Morgan fingerprint density at radius 1 is 1.44 bits per heavy atom. The van der Waals surface area contributed by atoms with Gasteiger partial charge in [-0.2, -0.15) is 0 Å². The van der Waals surface area contributed by atoms with Gasteiger partial charge in [-0.3, -0.25) is 9.78 Å². The highest BCUT2D eigenvalue weighted by atomic mass is 16.5. The number of likely N-dealkylation sites (tertiary alicyclic amines) is 1. The van der Waals surface area contributed by atoms with Crippen LogP contribution in [0.15, 0.2) is 18.5 Å². The van der Waals surface area contributed by atoms with E-state index in [9.17, 15) is 4.79 Å². The van der Waals surface area contributed by atoms with E-state index in [1.165, 1.54) is 0 Å². The molecule has 2 rings (SSSR count). The SMILES string of the molecule is COc1cncc(C(=O)NC2CCN(C)CC2)c1. The van der Waals surface area contributed by atoms with Gasteiger partial charge in [0, 0.05) is 12.2 Å². The van der Waals surface area contributed by atoms with Crippen LogP contribution in [0, 0.1) is 0 Å². The van der Waals surface area contributed by atoms with Gasteiger partial charge in [-0.05, 0) is 39.0 Å². The molecule has 0 saturated carbocycles. The molecule has 0 unspecified atom stereocenters. The first kappa shape index (κ1) is 12.8. The third-order valence-corrected chi connectivity index (χ3v) is 3.26. The third-order valence-electron chi connectivity index (χ3n) is 3.26. The molecule has 18 heavy (non-hydrogen) atoms. The molecule has 1 aromatic heterocycles. The minimum atomic E-state index is -0.0732. The average Bonchev–Trinajstić information content (AvgIpc) is 2.41. The number of pyridine rings is 1. The van der Waals surface area contributed by atoms with Crippen molar-refractivity contribution in [3.8, 4) is 5.75 Å². The number of hydrogen-bond donors (Lipinski definition) is 1. The van der Waals surface area contributed by atoms with Gasteiger partial charge in [-0.1, -0.05) is 0 Å². The van der Waals surface area contributed by atoms with E-state index in [0.29, 0.717) is 11.3 Å². The molecular formula is C13H19N3O2. The van der Waals surface area contributed by atoms with Crippen LogP contribution in [0.3, 0.4) is 0 Å². The summed E-state index contributed by atoms with van der Waals surface area (Å²) in [4.78, 5) is 18.3. The van der Waals surface area contributed by atoms with Gasteiger partial charge in [0.1, 0.15) is 5.75 Å². The first-order valence-corrected chi connectivity index (χ1v) is 6.17. The molecule has 1 N–H and O–H groups in total. The molecule has 1 aliphatic rings. The molecule has 1 saturated heterocycles. The summed E-state index contributed by atoms with van der Waals surface area (Å²) in [5, 5.41) is 3.05. The van der Waals surface area contributed by atoms with Gasteiger partial charge in [0.15, 0.2) is 0 Å². The van der Waals surface area contributed by atoms with E-state index in [4.69, 9.17) is 4.74 Å². The second-order valence-corrected chi connectivity index (χ2v) is 4.66. The molecule has 0 aliphatic carbocycles. The Kier molecular flexibility index (Phi) is 4.15. The fraction of sp³-hybridized carbons (Fsp3) is 0.538. The van der Waals surface area contributed by atoms with E-state index >= 15 is 0 Å². The summed E-state index contributed by atoms with van der Waals surface area (Å²) in [5.41, 5.74) is 0.549. The van der Waals surface area contributed by atoms with Crippen molar-refractivity contribution in [3.63, 3.8) is 0 Å². The van der Waals surface area contributed by atoms with Crippen LogP contribution in [0.25, 0.3) is 0 Å². The Morgan fingerprint density at radius 3 is 2.83 bits per heavy atom. The van der Waals surface area contributed by atoms with Crippen molar-refractivity contribution in [3.05, 3.63) is 24.0 Å². The Morgan fingerprint density at radius 2 is 2.17 bits per heavy atom. The number of rotatable bonds is 3. The summed E-state index contributed by atoms with van der Waals surface area (Å²) in [7, 11) is 3.67. The van der Waals surface area contributed by atoms with Crippen LogP contribution in [0.1, 0.15) is 23.2 Å². The maximum atomic E-state index is 12.0. The predicted octanol–water partition coefficient (Wildman–Crippen LogP) is 0.914. The van der Waals surface area contributed by atoms with Crippen LogP contribution in [0.4, 0.5) is 0 Å². The summed E-state index contributed by atoms with van der Waals surface area (Å²) >= 11 is 0. The van der Waals surface area contributed by atoms with Gasteiger partial charge in [0.05, 0.1) is 18.9 Å². The summed E-state index contributed by atoms with van der Waals surface area (Å²) in [6.07, 6.45) is 5.15. The van der Waals surface area contributed by atoms with Crippen molar-refractivity contribution >= 4 is 5.91 Å². The van der Waals surface area contributed by atoms with Crippen molar-refractivity contribution in [1.82, 2.24) is 15.2 Å². The maximum Gasteiger partial charge on any atom is 0.253 e. The summed E-state index contributed by atoms with van der Waals surface area (Å²) in [6, 6.07) is 1.97. The van der Waals surface area contributed by atoms with E-state index in [1.54, 1.807) is 25.6 Å². The zero-order chi connectivity index (χ0) is 13.0. The molecule has 0 aromatic carbocycles. The lowest BCUT2D eigenvalue weighted by Gasteiger charge is -2.29. The van der Waals surface area contributed by atoms with Crippen molar-refractivity contribution in [1.29, 1.82) is 0 Å². The standard InChI is InChI=1S/C13H19N3O2/c1-16-5-3-11(4-6-16)15-13(17)10-7-12(18-2)9-14-8-10/h7-9,11H,3-6H2,1-2H3,(H,15,17). The number of nitrogens with one attached hydrogen (secondary N) is 1. The van der Waals surface area contributed by atoms with Gasteiger partial charge in [-0.25, -0.2) is 0 Å². The molecule has 2 heterocycles. The van der Waals surface area contributed by atoms with Crippen molar-refractivity contribution < 1.29 is 9.53 Å². The van der Waals surface area contributed by atoms with E-state index < -0.39 is 0 Å². The molecule has 1 aromatic rings. The lowest BCUT2D eigenvalue weighted by molar-refractivity contribution is 0.0916. The largest absolute Gasteiger partial charge is 0.495 e. The highest BCUT2D eigenvalue weighted by molar-refractivity contribution is 5.94. The Hall–Kier alpha value is -1.62. The molecule has 0 atom stereocenters. The summed E-state index contributed by atoms with van der Waals surface area (Å²) in [5.74, 6) is 0.530. The van der Waals surface area contributed by atoms with Crippen LogP contribution in [-0.2, 0) is 0 Å². The molecule has 0 bridgehead atoms. The summed E-state index contributed by atoms with van der Waals surface area (Å²) < 4.78 is 5.06. The fourth-order valence-electron chi connectivity index (χ4n) is 2.08. The first-order chi connectivity index (χ1) is 8.69. The first-order valence-electron chi connectivity index (χ1n) is 6.17. The molecule has 0 spiro atoms. The number of aromatic nitrogens is 1. The highest BCUT2D eigenvalue weighted by Gasteiger charge is 2.19. The number of carbonyl (C=O) groups excluding carboxylic acids is 1. The molecule has 98 valence electrons. The molecule has 0 radical (unpaired) electrons. The van der Waals surface area contributed by atoms with Gasteiger partial charge in [-0.15, -0.1) is 0 Å². The van der Waals surface area contributed by atoms with Gasteiger partial charge < -0.3 is 15.0 Å². The Bertz CT molecular complexity index is 414. The Balaban J connectivity index is 1.94. The number of methoxy groups -OCH3 is 1. The molecule has 1 fully saturated rings. The second-order valence-electron chi connectivity index (χ2n) is 4.66. The maximum absolute atomic E-state index is 12.0. The molecular weight excluding hydrogens is 230 g/mol. The van der Waals surface area contributed by atoms with Crippen LogP contribution < -0.4 is 10.1 Å². The molecule has 1 aliphatic heterocycles. The van der Waals surface area contributed by atoms with Crippen LogP contribution in [0.2, 0.25) is 0 Å². The van der Waals surface area contributed by atoms with Crippen LogP contribution in [0.5, 0.6) is 5.75 Å². The van der Waals surface area contributed by atoms with E-state index in [0.717, 1.165) is 25.9 Å². The number of amides is 1.